The van der Waals surface area contributed by atoms with Gasteiger partial charge in [-0.3, -0.25) is 4.79 Å². The lowest BCUT2D eigenvalue weighted by atomic mass is 9.73. The molecule has 1 atom stereocenters. The molecule has 0 saturated heterocycles. The SMILES string of the molecule is CCC(C)(O)CNC(=O)C1(CN)CCCCC1. The van der Waals surface area contributed by atoms with Crippen LogP contribution in [0.2, 0.25) is 0 Å². The molecule has 0 radical (unpaired) electrons. The third-order valence-corrected chi connectivity index (χ3v) is 4.07. The van der Waals surface area contributed by atoms with Crippen LogP contribution in [0.15, 0.2) is 0 Å². The highest BCUT2D eigenvalue weighted by atomic mass is 16.3. The van der Waals surface area contributed by atoms with Crippen molar-refractivity contribution in [3.63, 3.8) is 0 Å². The van der Waals surface area contributed by atoms with E-state index in [4.69, 9.17) is 5.73 Å². The van der Waals surface area contributed by atoms with Crippen molar-refractivity contribution in [2.75, 3.05) is 13.1 Å². The van der Waals surface area contributed by atoms with E-state index in [-0.39, 0.29) is 11.3 Å². The molecular formula is C13H26N2O2. The average Bonchev–Trinajstić information content (AvgIpc) is 2.37. The highest BCUT2D eigenvalue weighted by Gasteiger charge is 2.38. The lowest BCUT2D eigenvalue weighted by Gasteiger charge is -2.35. The van der Waals surface area contributed by atoms with Gasteiger partial charge in [0, 0.05) is 13.1 Å². The standard InChI is InChI=1S/C13H26N2O2/c1-3-12(2,17)10-15-11(16)13(9-14)7-5-4-6-8-13/h17H,3-10,14H2,1-2H3,(H,15,16). The first-order valence-electron chi connectivity index (χ1n) is 6.66. The van der Waals surface area contributed by atoms with E-state index < -0.39 is 5.60 Å². The van der Waals surface area contributed by atoms with Crippen LogP contribution in [0.1, 0.15) is 52.4 Å². The quantitative estimate of drug-likeness (QED) is 0.677. The van der Waals surface area contributed by atoms with Crippen molar-refractivity contribution in [1.29, 1.82) is 0 Å². The lowest BCUT2D eigenvalue weighted by molar-refractivity contribution is -0.133. The molecule has 0 bridgehead atoms. The van der Waals surface area contributed by atoms with Gasteiger partial charge in [0.25, 0.3) is 0 Å². The number of amides is 1. The van der Waals surface area contributed by atoms with Crippen LogP contribution < -0.4 is 11.1 Å². The first kappa shape index (κ1) is 14.5. The molecule has 0 spiro atoms. The summed E-state index contributed by atoms with van der Waals surface area (Å²) in [5, 5.41) is 12.7. The van der Waals surface area contributed by atoms with Gasteiger partial charge in [0.15, 0.2) is 0 Å². The Hall–Kier alpha value is -0.610. The van der Waals surface area contributed by atoms with Crippen LogP contribution in [-0.2, 0) is 4.79 Å². The monoisotopic (exact) mass is 242 g/mol. The Labute approximate surface area is 104 Å². The van der Waals surface area contributed by atoms with Gasteiger partial charge in [0.1, 0.15) is 0 Å². The molecule has 1 aliphatic carbocycles. The summed E-state index contributed by atoms with van der Waals surface area (Å²) in [6.45, 7) is 4.37. The second kappa shape index (κ2) is 5.83. The fourth-order valence-corrected chi connectivity index (χ4v) is 2.34. The topological polar surface area (TPSA) is 75.3 Å². The van der Waals surface area contributed by atoms with Gasteiger partial charge in [0.05, 0.1) is 11.0 Å². The van der Waals surface area contributed by atoms with Crippen molar-refractivity contribution in [2.45, 2.75) is 58.0 Å². The number of hydrogen-bond acceptors (Lipinski definition) is 3. The summed E-state index contributed by atoms with van der Waals surface area (Å²) >= 11 is 0. The van der Waals surface area contributed by atoms with Crippen LogP contribution in [0, 0.1) is 5.41 Å². The fraction of sp³-hybridized carbons (Fsp3) is 0.923. The Morgan fingerprint density at radius 1 is 1.41 bits per heavy atom. The van der Waals surface area contributed by atoms with Gasteiger partial charge in [-0.1, -0.05) is 26.2 Å². The minimum absolute atomic E-state index is 0.0217. The first-order chi connectivity index (χ1) is 7.96. The Morgan fingerprint density at radius 3 is 2.47 bits per heavy atom. The van der Waals surface area contributed by atoms with Crippen molar-refractivity contribution in [3.05, 3.63) is 0 Å². The molecule has 4 nitrogen and oxygen atoms in total. The zero-order valence-electron chi connectivity index (χ0n) is 11.1. The van der Waals surface area contributed by atoms with Gasteiger partial charge in [-0.25, -0.2) is 0 Å². The number of carbonyl (C=O) groups excluding carboxylic acids is 1. The van der Waals surface area contributed by atoms with Crippen molar-refractivity contribution in [2.24, 2.45) is 11.1 Å². The summed E-state index contributed by atoms with van der Waals surface area (Å²) in [6, 6.07) is 0. The summed E-state index contributed by atoms with van der Waals surface area (Å²) < 4.78 is 0. The van der Waals surface area contributed by atoms with Crippen molar-refractivity contribution < 1.29 is 9.90 Å². The van der Waals surface area contributed by atoms with Gasteiger partial charge >= 0.3 is 0 Å². The molecule has 1 saturated carbocycles. The molecule has 0 aromatic rings. The first-order valence-corrected chi connectivity index (χ1v) is 6.66. The number of rotatable bonds is 5. The van der Waals surface area contributed by atoms with E-state index in [0.717, 1.165) is 25.7 Å². The average molecular weight is 242 g/mol. The van der Waals surface area contributed by atoms with Crippen LogP contribution >= 0.6 is 0 Å². The third kappa shape index (κ3) is 3.68. The molecule has 100 valence electrons. The second-order valence-electron chi connectivity index (χ2n) is 5.58. The van der Waals surface area contributed by atoms with E-state index in [1.807, 2.05) is 6.92 Å². The molecule has 1 rings (SSSR count). The smallest absolute Gasteiger partial charge is 0.227 e. The zero-order valence-corrected chi connectivity index (χ0v) is 11.1. The molecule has 1 fully saturated rings. The summed E-state index contributed by atoms with van der Waals surface area (Å²) in [5.74, 6) is 0.0217. The van der Waals surface area contributed by atoms with E-state index in [1.165, 1.54) is 6.42 Å². The van der Waals surface area contributed by atoms with E-state index in [0.29, 0.717) is 19.5 Å². The van der Waals surface area contributed by atoms with Gasteiger partial charge < -0.3 is 16.2 Å². The molecule has 0 aromatic heterocycles. The molecule has 1 aliphatic rings. The van der Waals surface area contributed by atoms with E-state index in [9.17, 15) is 9.90 Å². The maximum Gasteiger partial charge on any atom is 0.227 e. The van der Waals surface area contributed by atoms with Gasteiger partial charge in [-0.15, -0.1) is 0 Å². The number of hydrogen-bond donors (Lipinski definition) is 3. The maximum absolute atomic E-state index is 12.2. The van der Waals surface area contributed by atoms with Crippen molar-refractivity contribution in [3.8, 4) is 0 Å². The van der Waals surface area contributed by atoms with Crippen LogP contribution in [-0.4, -0.2) is 29.7 Å². The van der Waals surface area contributed by atoms with E-state index in [2.05, 4.69) is 5.32 Å². The van der Waals surface area contributed by atoms with Crippen LogP contribution in [0.5, 0.6) is 0 Å². The van der Waals surface area contributed by atoms with Gasteiger partial charge in [-0.2, -0.15) is 0 Å². The summed E-state index contributed by atoms with van der Waals surface area (Å²) in [7, 11) is 0. The number of nitrogens with two attached hydrogens (primary N) is 1. The molecule has 0 aromatic carbocycles. The van der Waals surface area contributed by atoms with Crippen molar-refractivity contribution >= 4 is 5.91 Å². The van der Waals surface area contributed by atoms with E-state index >= 15 is 0 Å². The summed E-state index contributed by atoms with van der Waals surface area (Å²) in [6.07, 6.45) is 5.74. The largest absolute Gasteiger partial charge is 0.388 e. The molecule has 4 N–H and O–H groups in total. The summed E-state index contributed by atoms with van der Waals surface area (Å²) in [4.78, 5) is 12.2. The van der Waals surface area contributed by atoms with Gasteiger partial charge in [-0.05, 0) is 26.2 Å². The molecular weight excluding hydrogens is 216 g/mol. The lowest BCUT2D eigenvalue weighted by Crippen LogP contribution is -2.50. The number of carbonyl (C=O) groups is 1. The second-order valence-corrected chi connectivity index (χ2v) is 5.58. The van der Waals surface area contributed by atoms with Crippen LogP contribution in [0.25, 0.3) is 0 Å². The maximum atomic E-state index is 12.2. The van der Waals surface area contributed by atoms with Crippen LogP contribution in [0.4, 0.5) is 0 Å². The Kier molecular flexibility index (Phi) is 4.95. The van der Waals surface area contributed by atoms with E-state index in [1.54, 1.807) is 6.92 Å². The number of nitrogens with one attached hydrogen (secondary N) is 1. The molecule has 17 heavy (non-hydrogen) atoms. The minimum Gasteiger partial charge on any atom is -0.388 e. The minimum atomic E-state index is -0.819. The number of aliphatic hydroxyl groups is 1. The Bertz CT molecular complexity index is 258. The normalized spacial score (nSPS) is 22.8. The molecule has 4 heteroatoms. The molecule has 1 unspecified atom stereocenters. The van der Waals surface area contributed by atoms with Crippen LogP contribution in [0.3, 0.4) is 0 Å². The zero-order chi connectivity index (χ0) is 12.9. The molecule has 0 heterocycles. The van der Waals surface area contributed by atoms with Crippen molar-refractivity contribution in [1.82, 2.24) is 5.32 Å². The summed E-state index contributed by atoms with van der Waals surface area (Å²) in [5.41, 5.74) is 4.58. The third-order valence-electron chi connectivity index (χ3n) is 4.07. The Morgan fingerprint density at radius 2 is 2.00 bits per heavy atom. The highest BCUT2D eigenvalue weighted by Crippen LogP contribution is 2.35. The van der Waals surface area contributed by atoms with Gasteiger partial charge in [0.2, 0.25) is 5.91 Å². The molecule has 0 aliphatic heterocycles. The molecule has 1 amide bonds. The highest BCUT2D eigenvalue weighted by molar-refractivity contribution is 5.83. The predicted molar refractivity (Wildman–Crippen MR) is 68.5 cm³/mol. The predicted octanol–water partition coefficient (Wildman–Crippen LogP) is 1.17. The fourth-order valence-electron chi connectivity index (χ4n) is 2.34. The Balaban J connectivity index is 2.55.